The van der Waals surface area contributed by atoms with Gasteiger partial charge >= 0.3 is 6.03 Å². The summed E-state index contributed by atoms with van der Waals surface area (Å²) in [6, 6.07) is 0.141. The number of hydrogen-bond acceptors (Lipinski definition) is 1. The number of hydrogen-bond donors (Lipinski definition) is 1. The molecule has 1 aliphatic heterocycles. The molecule has 0 saturated carbocycles. The molecule has 15 heavy (non-hydrogen) atoms. The van der Waals surface area contributed by atoms with Gasteiger partial charge < -0.3 is 10.2 Å². The molecular formula is C12H24N2O. The van der Waals surface area contributed by atoms with Gasteiger partial charge in [0.15, 0.2) is 0 Å². The molecule has 88 valence electrons. The van der Waals surface area contributed by atoms with E-state index < -0.39 is 0 Å². The molecule has 1 atom stereocenters. The Hall–Kier alpha value is -0.730. The van der Waals surface area contributed by atoms with E-state index in [9.17, 15) is 4.79 Å². The zero-order chi connectivity index (χ0) is 11.1. The quantitative estimate of drug-likeness (QED) is 0.698. The molecule has 0 aromatic carbocycles. The number of carbonyl (C=O) groups excluding carboxylic acids is 1. The second kappa shape index (κ2) is 6.70. The Bertz CT molecular complexity index is 194. The normalized spacial score (nSPS) is 20.7. The summed E-state index contributed by atoms with van der Waals surface area (Å²) in [6.07, 6.45) is 5.90. The molecule has 0 bridgehead atoms. The predicted molar refractivity (Wildman–Crippen MR) is 62.9 cm³/mol. The molecular weight excluding hydrogens is 188 g/mol. The number of nitrogens with zero attached hydrogens (tertiary/aromatic N) is 1. The summed E-state index contributed by atoms with van der Waals surface area (Å²) in [5.74, 6) is 0.743. The van der Waals surface area contributed by atoms with Crippen molar-refractivity contribution in [2.45, 2.75) is 46.0 Å². The van der Waals surface area contributed by atoms with Gasteiger partial charge in [-0.15, -0.1) is 0 Å². The van der Waals surface area contributed by atoms with E-state index in [0.29, 0.717) is 0 Å². The number of carbonyl (C=O) groups is 1. The van der Waals surface area contributed by atoms with Crippen LogP contribution in [0.2, 0.25) is 0 Å². The lowest BCUT2D eigenvalue weighted by atomic mass is 10.0. The standard InChI is InChI=1S/C12H24N2O/c1-3-5-8-13-12(15)14-9-7-11(10-14)6-4-2/h11H,3-10H2,1-2H3,(H,13,15). The van der Waals surface area contributed by atoms with E-state index in [1.54, 1.807) is 0 Å². The van der Waals surface area contributed by atoms with Crippen molar-refractivity contribution in [3.05, 3.63) is 0 Å². The highest BCUT2D eigenvalue weighted by atomic mass is 16.2. The molecule has 2 amide bonds. The monoisotopic (exact) mass is 212 g/mol. The number of urea groups is 1. The van der Waals surface area contributed by atoms with Crippen LogP contribution in [0.25, 0.3) is 0 Å². The summed E-state index contributed by atoms with van der Waals surface area (Å²) in [7, 11) is 0. The van der Waals surface area contributed by atoms with Crippen LogP contribution in [-0.2, 0) is 0 Å². The molecule has 0 spiro atoms. The second-order valence-corrected chi connectivity index (χ2v) is 4.47. The van der Waals surface area contributed by atoms with Crippen LogP contribution < -0.4 is 5.32 Å². The highest BCUT2D eigenvalue weighted by Gasteiger charge is 2.24. The molecule has 1 rings (SSSR count). The fourth-order valence-electron chi connectivity index (χ4n) is 2.14. The lowest BCUT2D eigenvalue weighted by Gasteiger charge is -2.17. The molecule has 0 aromatic rings. The number of likely N-dealkylation sites (tertiary alicyclic amines) is 1. The number of nitrogens with one attached hydrogen (secondary N) is 1. The molecule has 0 radical (unpaired) electrons. The molecule has 1 aliphatic rings. The lowest BCUT2D eigenvalue weighted by Crippen LogP contribution is -2.38. The van der Waals surface area contributed by atoms with Gasteiger partial charge in [0.1, 0.15) is 0 Å². The fraction of sp³-hybridized carbons (Fsp3) is 0.917. The molecule has 3 heteroatoms. The van der Waals surface area contributed by atoms with E-state index in [1.165, 1.54) is 19.3 Å². The number of amides is 2. The average molecular weight is 212 g/mol. The number of rotatable bonds is 5. The molecule has 0 aromatic heterocycles. The number of unbranched alkanes of at least 4 members (excludes halogenated alkanes) is 1. The van der Waals surface area contributed by atoms with Crippen LogP contribution in [0.3, 0.4) is 0 Å². The first kappa shape index (κ1) is 12.3. The van der Waals surface area contributed by atoms with Crippen molar-refractivity contribution in [2.75, 3.05) is 19.6 Å². The van der Waals surface area contributed by atoms with Crippen LogP contribution in [0.15, 0.2) is 0 Å². The lowest BCUT2D eigenvalue weighted by molar-refractivity contribution is 0.206. The molecule has 1 heterocycles. The van der Waals surface area contributed by atoms with Crippen molar-refractivity contribution in [3.63, 3.8) is 0 Å². The predicted octanol–water partition coefficient (Wildman–Crippen LogP) is 2.62. The minimum Gasteiger partial charge on any atom is -0.338 e. The van der Waals surface area contributed by atoms with Crippen molar-refractivity contribution >= 4 is 6.03 Å². The summed E-state index contributed by atoms with van der Waals surface area (Å²) in [5, 5.41) is 2.98. The van der Waals surface area contributed by atoms with Gasteiger partial charge in [-0.3, -0.25) is 0 Å². The largest absolute Gasteiger partial charge is 0.338 e. The summed E-state index contributed by atoms with van der Waals surface area (Å²) in [4.78, 5) is 13.7. The summed E-state index contributed by atoms with van der Waals surface area (Å²) in [6.45, 7) is 7.09. The van der Waals surface area contributed by atoms with Crippen LogP contribution in [0.4, 0.5) is 4.79 Å². The third-order valence-corrected chi connectivity index (χ3v) is 3.08. The zero-order valence-corrected chi connectivity index (χ0v) is 10.1. The van der Waals surface area contributed by atoms with Crippen molar-refractivity contribution in [3.8, 4) is 0 Å². The Balaban J connectivity index is 2.18. The molecule has 1 N–H and O–H groups in total. The van der Waals surface area contributed by atoms with Gasteiger partial charge in [0.05, 0.1) is 0 Å². The van der Waals surface area contributed by atoms with Crippen molar-refractivity contribution < 1.29 is 4.79 Å². The topological polar surface area (TPSA) is 32.3 Å². The molecule has 1 fully saturated rings. The van der Waals surface area contributed by atoms with Crippen molar-refractivity contribution in [1.82, 2.24) is 10.2 Å². The zero-order valence-electron chi connectivity index (χ0n) is 10.1. The van der Waals surface area contributed by atoms with Crippen molar-refractivity contribution in [1.29, 1.82) is 0 Å². The van der Waals surface area contributed by atoms with Crippen LogP contribution in [-0.4, -0.2) is 30.6 Å². The Morgan fingerprint density at radius 2 is 2.20 bits per heavy atom. The maximum absolute atomic E-state index is 11.7. The SMILES string of the molecule is CCCCNC(=O)N1CCC(CCC)C1. The smallest absolute Gasteiger partial charge is 0.317 e. The van der Waals surface area contributed by atoms with E-state index in [1.807, 2.05) is 4.90 Å². The van der Waals surface area contributed by atoms with Crippen LogP contribution in [0.5, 0.6) is 0 Å². The summed E-state index contributed by atoms with van der Waals surface area (Å²) in [5.41, 5.74) is 0. The third-order valence-electron chi connectivity index (χ3n) is 3.08. The van der Waals surface area contributed by atoms with Gasteiger partial charge in [0, 0.05) is 19.6 Å². The fourth-order valence-corrected chi connectivity index (χ4v) is 2.14. The Morgan fingerprint density at radius 3 is 2.87 bits per heavy atom. The van der Waals surface area contributed by atoms with Crippen LogP contribution in [0.1, 0.15) is 46.0 Å². The van der Waals surface area contributed by atoms with Crippen LogP contribution in [0, 0.1) is 5.92 Å². The highest BCUT2D eigenvalue weighted by molar-refractivity contribution is 5.74. The van der Waals surface area contributed by atoms with Crippen LogP contribution >= 0.6 is 0 Å². The summed E-state index contributed by atoms with van der Waals surface area (Å²) >= 11 is 0. The first-order valence-corrected chi connectivity index (χ1v) is 6.30. The van der Waals surface area contributed by atoms with Gasteiger partial charge in [-0.2, -0.15) is 0 Å². The Morgan fingerprint density at radius 1 is 1.40 bits per heavy atom. The molecule has 1 saturated heterocycles. The van der Waals surface area contributed by atoms with Gasteiger partial charge in [0.2, 0.25) is 0 Å². The first-order valence-electron chi connectivity index (χ1n) is 6.30. The molecule has 0 aliphatic carbocycles. The van der Waals surface area contributed by atoms with E-state index in [-0.39, 0.29) is 6.03 Å². The maximum Gasteiger partial charge on any atom is 0.317 e. The molecule has 3 nitrogen and oxygen atoms in total. The first-order chi connectivity index (χ1) is 7.27. The van der Waals surface area contributed by atoms with Gasteiger partial charge in [-0.05, 0) is 25.2 Å². The van der Waals surface area contributed by atoms with Gasteiger partial charge in [0.25, 0.3) is 0 Å². The van der Waals surface area contributed by atoms with Gasteiger partial charge in [-0.25, -0.2) is 4.79 Å². The third kappa shape index (κ3) is 4.10. The van der Waals surface area contributed by atoms with E-state index in [2.05, 4.69) is 19.2 Å². The minimum absolute atomic E-state index is 0.141. The van der Waals surface area contributed by atoms with Gasteiger partial charge in [-0.1, -0.05) is 26.7 Å². The second-order valence-electron chi connectivity index (χ2n) is 4.47. The van der Waals surface area contributed by atoms with Crippen molar-refractivity contribution in [2.24, 2.45) is 5.92 Å². The molecule has 1 unspecified atom stereocenters. The Kier molecular flexibility index (Phi) is 5.51. The Labute approximate surface area is 93.2 Å². The highest BCUT2D eigenvalue weighted by Crippen LogP contribution is 2.20. The maximum atomic E-state index is 11.7. The summed E-state index contributed by atoms with van der Waals surface area (Å²) < 4.78 is 0. The van der Waals surface area contributed by atoms with E-state index in [0.717, 1.165) is 38.4 Å². The minimum atomic E-state index is 0.141. The van der Waals surface area contributed by atoms with E-state index in [4.69, 9.17) is 0 Å². The van der Waals surface area contributed by atoms with E-state index >= 15 is 0 Å². The average Bonchev–Trinajstić information content (AvgIpc) is 2.67.